The Morgan fingerprint density at radius 3 is 2.47 bits per heavy atom. The van der Waals surface area contributed by atoms with Gasteiger partial charge in [0.2, 0.25) is 0 Å². The number of carbonyl (C=O) groups is 1. The normalized spacial score (nSPS) is 14.3. The summed E-state index contributed by atoms with van der Waals surface area (Å²) in [7, 11) is 0. The minimum absolute atomic E-state index is 0.0498. The van der Waals surface area contributed by atoms with Crippen LogP contribution in [-0.4, -0.2) is 48.3 Å². The van der Waals surface area contributed by atoms with Crippen LogP contribution in [0.1, 0.15) is 15.9 Å². The number of hydrogen-bond acceptors (Lipinski definition) is 4. The predicted molar refractivity (Wildman–Crippen MR) is 118 cm³/mol. The van der Waals surface area contributed by atoms with Crippen molar-refractivity contribution >= 4 is 58.3 Å². The summed E-state index contributed by atoms with van der Waals surface area (Å²) in [5.74, 6) is -1.49. The number of hydrazone groups is 1. The third kappa shape index (κ3) is 5.16. The largest absolute Gasteiger partial charge is 0.375 e. The highest BCUT2D eigenvalue weighted by Gasteiger charge is 2.25. The van der Waals surface area contributed by atoms with Crippen molar-refractivity contribution in [2.45, 2.75) is 0 Å². The molecule has 1 aliphatic rings. The van der Waals surface area contributed by atoms with Gasteiger partial charge in [0.25, 0.3) is 5.91 Å². The summed E-state index contributed by atoms with van der Waals surface area (Å²) < 4.78 is 28.9. The van der Waals surface area contributed by atoms with Crippen LogP contribution in [0.2, 0.25) is 10.0 Å². The molecule has 1 fully saturated rings. The van der Waals surface area contributed by atoms with Crippen LogP contribution in [-0.2, 0) is 0 Å². The molecule has 158 valence electrons. The van der Waals surface area contributed by atoms with Crippen LogP contribution in [0.5, 0.6) is 0 Å². The van der Waals surface area contributed by atoms with Crippen molar-refractivity contribution in [1.29, 1.82) is 0 Å². The average Bonchev–Trinajstić information content (AvgIpc) is 2.70. The molecule has 1 aliphatic heterocycles. The molecule has 3 rings (SSSR count). The lowest BCUT2D eigenvalue weighted by Gasteiger charge is -2.36. The van der Waals surface area contributed by atoms with E-state index in [9.17, 15) is 13.6 Å². The second-order valence-electron chi connectivity index (χ2n) is 6.46. The molecule has 0 aromatic heterocycles. The molecule has 0 unspecified atom stereocenters. The zero-order valence-corrected chi connectivity index (χ0v) is 17.9. The fourth-order valence-corrected chi connectivity index (χ4v) is 3.58. The highest BCUT2D eigenvalue weighted by molar-refractivity contribution is 7.80. The lowest BCUT2D eigenvalue weighted by molar-refractivity contribution is 0.0747. The number of anilines is 1. The number of nitrogens with zero attached hydrogens (tertiary/aromatic N) is 3. The van der Waals surface area contributed by atoms with Gasteiger partial charge in [-0.2, -0.15) is 5.10 Å². The Hall–Kier alpha value is -2.49. The second kappa shape index (κ2) is 9.55. The van der Waals surface area contributed by atoms with E-state index in [0.29, 0.717) is 36.8 Å². The molecule has 0 bridgehead atoms. The van der Waals surface area contributed by atoms with E-state index in [0.717, 1.165) is 18.3 Å². The number of nitrogens with one attached hydrogen (secondary N) is 1. The van der Waals surface area contributed by atoms with Crippen LogP contribution in [0.4, 0.5) is 14.5 Å². The number of hydrogen-bond donors (Lipinski definition) is 2. The number of benzene rings is 2. The molecule has 0 aliphatic carbocycles. The van der Waals surface area contributed by atoms with Crippen LogP contribution >= 0.6 is 35.4 Å². The maximum Gasteiger partial charge on any atom is 0.255 e. The van der Waals surface area contributed by atoms with Gasteiger partial charge in [0, 0.05) is 42.8 Å². The summed E-state index contributed by atoms with van der Waals surface area (Å²) in [6.07, 6.45) is 1.09. The van der Waals surface area contributed by atoms with Crippen molar-refractivity contribution in [3.63, 3.8) is 0 Å². The third-order valence-electron chi connectivity index (χ3n) is 4.51. The summed E-state index contributed by atoms with van der Waals surface area (Å²) in [6, 6.07) is 6.81. The molecule has 2 aromatic rings. The number of amides is 1. The number of halogens is 4. The topological polar surface area (TPSA) is 74.0 Å². The molecule has 0 atom stereocenters. The van der Waals surface area contributed by atoms with Gasteiger partial charge >= 0.3 is 0 Å². The molecule has 11 heteroatoms. The number of carbonyl (C=O) groups excluding carboxylic acids is 1. The summed E-state index contributed by atoms with van der Waals surface area (Å²) in [5.41, 5.74) is 7.91. The SMILES string of the molecule is NC(=S)N/N=C/c1cc(F)c(N2CCN(C(=O)c3ccc(Cl)cc3Cl)CC2)cc1F. The summed E-state index contributed by atoms with van der Waals surface area (Å²) in [6.45, 7) is 1.34. The summed E-state index contributed by atoms with van der Waals surface area (Å²) in [4.78, 5) is 16.0. The van der Waals surface area contributed by atoms with Gasteiger partial charge in [0.05, 0.1) is 22.5 Å². The lowest BCUT2D eigenvalue weighted by Crippen LogP contribution is -2.49. The van der Waals surface area contributed by atoms with Gasteiger partial charge in [-0.05, 0) is 36.5 Å². The number of thiocarbonyl (C=S) groups is 1. The standard InChI is InChI=1S/C19H17Cl2F2N5OS/c20-12-1-2-13(14(21)8-12)18(29)28-5-3-27(4-6-28)17-9-15(22)11(7-16(17)23)10-25-26-19(24)30/h1-2,7-10H,3-6H2,(H3,24,26,30)/b25-10+. The zero-order chi connectivity index (χ0) is 21.8. The van der Waals surface area contributed by atoms with Crippen molar-refractivity contribution in [2.75, 3.05) is 31.1 Å². The average molecular weight is 472 g/mol. The molecule has 1 heterocycles. The van der Waals surface area contributed by atoms with Crippen molar-refractivity contribution in [3.05, 3.63) is 63.1 Å². The monoisotopic (exact) mass is 471 g/mol. The summed E-state index contributed by atoms with van der Waals surface area (Å²) >= 11 is 16.6. The highest BCUT2D eigenvalue weighted by atomic mass is 35.5. The van der Waals surface area contributed by atoms with E-state index in [1.807, 2.05) is 0 Å². The van der Waals surface area contributed by atoms with Crippen molar-refractivity contribution in [2.24, 2.45) is 10.8 Å². The van der Waals surface area contributed by atoms with Crippen molar-refractivity contribution in [3.8, 4) is 0 Å². The Balaban J connectivity index is 1.68. The first-order chi connectivity index (χ1) is 14.3. The molecule has 1 amide bonds. The van der Waals surface area contributed by atoms with E-state index in [2.05, 4.69) is 22.7 Å². The van der Waals surface area contributed by atoms with E-state index >= 15 is 0 Å². The zero-order valence-electron chi connectivity index (χ0n) is 15.5. The van der Waals surface area contributed by atoms with E-state index < -0.39 is 11.6 Å². The first-order valence-electron chi connectivity index (χ1n) is 8.83. The molecule has 6 nitrogen and oxygen atoms in total. The van der Waals surface area contributed by atoms with E-state index in [1.54, 1.807) is 21.9 Å². The van der Waals surface area contributed by atoms with Crippen molar-refractivity contribution < 1.29 is 13.6 Å². The first kappa shape index (κ1) is 22.2. The van der Waals surface area contributed by atoms with Gasteiger partial charge in [-0.25, -0.2) is 8.78 Å². The quantitative estimate of drug-likeness (QED) is 0.406. The van der Waals surface area contributed by atoms with E-state index in [4.69, 9.17) is 28.9 Å². The molecule has 0 radical (unpaired) electrons. The first-order valence-corrected chi connectivity index (χ1v) is 9.99. The number of rotatable bonds is 4. The molecular weight excluding hydrogens is 455 g/mol. The second-order valence-corrected chi connectivity index (χ2v) is 7.75. The minimum Gasteiger partial charge on any atom is -0.375 e. The van der Waals surface area contributed by atoms with Crippen LogP contribution in [0.15, 0.2) is 35.4 Å². The molecule has 0 spiro atoms. The Labute approximate surface area is 187 Å². The maximum absolute atomic E-state index is 14.6. The summed E-state index contributed by atoms with van der Waals surface area (Å²) in [5, 5.41) is 4.25. The Bertz CT molecular complexity index is 1010. The predicted octanol–water partition coefficient (Wildman–Crippen LogP) is 3.40. The Kier molecular flexibility index (Phi) is 7.06. The van der Waals surface area contributed by atoms with Crippen LogP contribution in [0.25, 0.3) is 0 Å². The smallest absolute Gasteiger partial charge is 0.255 e. The molecule has 2 aromatic carbocycles. The molecule has 1 saturated heterocycles. The van der Waals surface area contributed by atoms with Gasteiger partial charge in [0.1, 0.15) is 11.6 Å². The van der Waals surface area contributed by atoms with Gasteiger partial charge in [0.15, 0.2) is 5.11 Å². The fraction of sp³-hybridized carbons (Fsp3) is 0.211. The van der Waals surface area contributed by atoms with Gasteiger partial charge in [-0.3, -0.25) is 10.2 Å². The van der Waals surface area contributed by atoms with E-state index in [-0.39, 0.29) is 27.3 Å². The Morgan fingerprint density at radius 1 is 1.13 bits per heavy atom. The molecule has 30 heavy (non-hydrogen) atoms. The number of piperazine rings is 1. The van der Waals surface area contributed by atoms with Gasteiger partial charge < -0.3 is 15.5 Å². The molecule has 3 N–H and O–H groups in total. The van der Waals surface area contributed by atoms with Gasteiger partial charge in [-0.1, -0.05) is 23.2 Å². The van der Waals surface area contributed by atoms with Crippen LogP contribution < -0.4 is 16.1 Å². The van der Waals surface area contributed by atoms with Crippen molar-refractivity contribution in [1.82, 2.24) is 10.3 Å². The van der Waals surface area contributed by atoms with Crippen LogP contribution in [0, 0.1) is 11.6 Å². The van der Waals surface area contributed by atoms with Crippen LogP contribution in [0.3, 0.4) is 0 Å². The number of nitrogens with two attached hydrogens (primary N) is 1. The third-order valence-corrected chi connectivity index (χ3v) is 5.15. The van der Waals surface area contributed by atoms with E-state index in [1.165, 1.54) is 6.07 Å². The molecular formula is C19H17Cl2F2N5OS. The Morgan fingerprint density at radius 2 is 1.83 bits per heavy atom. The van der Waals surface area contributed by atoms with Gasteiger partial charge in [-0.15, -0.1) is 0 Å². The molecule has 0 saturated carbocycles. The highest BCUT2D eigenvalue weighted by Crippen LogP contribution is 2.26. The minimum atomic E-state index is -0.647. The lowest BCUT2D eigenvalue weighted by atomic mass is 10.1. The maximum atomic E-state index is 14.6. The fourth-order valence-electron chi connectivity index (χ4n) is 3.04.